The first-order chi connectivity index (χ1) is 10.2. The molecule has 5 nitrogen and oxygen atoms in total. The highest BCUT2D eigenvalue weighted by Gasteiger charge is 2.17. The number of aromatic nitrogens is 2. The third kappa shape index (κ3) is 4.26. The molecule has 2 N–H and O–H groups in total. The molecule has 0 aliphatic carbocycles. The lowest BCUT2D eigenvalue weighted by molar-refractivity contribution is 0.0930. The van der Waals surface area contributed by atoms with Gasteiger partial charge in [-0.25, -0.2) is 9.97 Å². The fourth-order valence-corrected chi connectivity index (χ4v) is 2.83. The van der Waals surface area contributed by atoms with Gasteiger partial charge < -0.3 is 10.6 Å². The summed E-state index contributed by atoms with van der Waals surface area (Å²) < 4.78 is 0. The van der Waals surface area contributed by atoms with Crippen LogP contribution in [0.1, 0.15) is 48.1 Å². The van der Waals surface area contributed by atoms with Gasteiger partial charge in [0.15, 0.2) is 0 Å². The second-order valence-electron chi connectivity index (χ2n) is 4.65. The molecule has 0 spiro atoms. The molecule has 0 saturated carbocycles. The molecular formula is C15H20N4OS. The van der Waals surface area contributed by atoms with Crippen LogP contribution in [0.2, 0.25) is 0 Å². The van der Waals surface area contributed by atoms with E-state index in [0.29, 0.717) is 11.5 Å². The van der Waals surface area contributed by atoms with Crippen molar-refractivity contribution in [1.82, 2.24) is 15.3 Å². The Hall–Kier alpha value is -1.95. The third-order valence-electron chi connectivity index (χ3n) is 3.01. The summed E-state index contributed by atoms with van der Waals surface area (Å²) in [7, 11) is 0. The Kier molecular flexibility index (Phi) is 5.68. The van der Waals surface area contributed by atoms with E-state index >= 15 is 0 Å². The zero-order chi connectivity index (χ0) is 15.1. The Balaban J connectivity index is 2.04. The largest absolute Gasteiger partial charge is 0.369 e. The fraction of sp³-hybridized carbons (Fsp3) is 0.400. The van der Waals surface area contributed by atoms with Gasteiger partial charge in [-0.15, -0.1) is 11.3 Å². The number of anilines is 1. The Morgan fingerprint density at radius 1 is 1.33 bits per heavy atom. The fourth-order valence-electron chi connectivity index (χ4n) is 2.01. The molecule has 0 aromatic carbocycles. The van der Waals surface area contributed by atoms with E-state index in [1.807, 2.05) is 24.4 Å². The van der Waals surface area contributed by atoms with E-state index in [9.17, 15) is 4.79 Å². The topological polar surface area (TPSA) is 66.9 Å². The Morgan fingerprint density at radius 3 is 2.76 bits per heavy atom. The smallest absolute Gasteiger partial charge is 0.271 e. The lowest BCUT2D eigenvalue weighted by Gasteiger charge is -2.16. The number of hydrogen-bond acceptors (Lipinski definition) is 5. The number of nitrogens with one attached hydrogen (secondary N) is 2. The summed E-state index contributed by atoms with van der Waals surface area (Å²) >= 11 is 1.66. The second-order valence-corrected chi connectivity index (χ2v) is 5.63. The molecule has 1 amide bonds. The van der Waals surface area contributed by atoms with Gasteiger partial charge >= 0.3 is 0 Å². The van der Waals surface area contributed by atoms with Crippen molar-refractivity contribution in [2.75, 3.05) is 11.9 Å². The lowest BCUT2D eigenvalue weighted by Crippen LogP contribution is -2.28. The van der Waals surface area contributed by atoms with Crippen molar-refractivity contribution >= 4 is 23.1 Å². The molecule has 0 aliphatic heterocycles. The SMILES string of the molecule is CCCC(NC(=O)c1cnc(NCC)cn1)c1cccs1. The molecule has 0 aliphatic rings. The second kappa shape index (κ2) is 7.73. The molecular weight excluding hydrogens is 284 g/mol. The van der Waals surface area contributed by atoms with Gasteiger partial charge in [-0.3, -0.25) is 4.79 Å². The zero-order valence-corrected chi connectivity index (χ0v) is 13.1. The Labute approximate surface area is 128 Å². The van der Waals surface area contributed by atoms with Gasteiger partial charge in [0.2, 0.25) is 0 Å². The highest BCUT2D eigenvalue weighted by Crippen LogP contribution is 2.23. The van der Waals surface area contributed by atoms with Crippen molar-refractivity contribution in [3.8, 4) is 0 Å². The standard InChI is InChI=1S/C15H20N4OS/c1-3-6-11(13-7-5-8-21-13)19-15(20)12-9-18-14(10-17-12)16-4-2/h5,7-11H,3-4,6H2,1-2H3,(H,16,18)(H,19,20). The van der Waals surface area contributed by atoms with Gasteiger partial charge in [-0.1, -0.05) is 19.4 Å². The average Bonchev–Trinajstić information content (AvgIpc) is 3.02. The lowest BCUT2D eigenvalue weighted by atomic mass is 10.1. The van der Waals surface area contributed by atoms with Crippen LogP contribution in [0, 0.1) is 0 Å². The molecule has 2 aromatic rings. The maximum absolute atomic E-state index is 12.3. The molecule has 21 heavy (non-hydrogen) atoms. The summed E-state index contributed by atoms with van der Waals surface area (Å²) in [6, 6.07) is 4.09. The van der Waals surface area contributed by atoms with Crippen molar-refractivity contribution in [2.45, 2.75) is 32.7 Å². The van der Waals surface area contributed by atoms with E-state index in [1.165, 1.54) is 11.1 Å². The predicted molar refractivity (Wildman–Crippen MR) is 85.6 cm³/mol. The molecule has 2 aromatic heterocycles. The Bertz CT molecular complexity index is 554. The minimum Gasteiger partial charge on any atom is -0.369 e. The van der Waals surface area contributed by atoms with Crippen molar-refractivity contribution in [2.24, 2.45) is 0 Å². The van der Waals surface area contributed by atoms with Crippen LogP contribution in [0.4, 0.5) is 5.82 Å². The van der Waals surface area contributed by atoms with Crippen LogP contribution in [0.5, 0.6) is 0 Å². The first-order valence-corrected chi connectivity index (χ1v) is 8.02. The van der Waals surface area contributed by atoms with E-state index in [1.54, 1.807) is 17.5 Å². The Morgan fingerprint density at radius 2 is 2.19 bits per heavy atom. The number of carbonyl (C=O) groups is 1. The molecule has 112 valence electrons. The quantitative estimate of drug-likeness (QED) is 0.824. The van der Waals surface area contributed by atoms with Crippen LogP contribution in [0.25, 0.3) is 0 Å². The molecule has 1 unspecified atom stereocenters. The number of carbonyl (C=O) groups excluding carboxylic acids is 1. The van der Waals surface area contributed by atoms with Gasteiger partial charge in [0.05, 0.1) is 18.4 Å². The van der Waals surface area contributed by atoms with E-state index in [-0.39, 0.29) is 11.9 Å². The zero-order valence-electron chi connectivity index (χ0n) is 12.3. The van der Waals surface area contributed by atoms with Crippen molar-refractivity contribution in [1.29, 1.82) is 0 Å². The number of rotatable bonds is 7. The monoisotopic (exact) mass is 304 g/mol. The van der Waals surface area contributed by atoms with Gasteiger partial charge in [-0.05, 0) is 24.8 Å². The first kappa shape index (κ1) is 15.4. The first-order valence-electron chi connectivity index (χ1n) is 7.14. The molecule has 0 fully saturated rings. The van der Waals surface area contributed by atoms with E-state index in [0.717, 1.165) is 19.4 Å². The molecule has 1 atom stereocenters. The molecule has 0 bridgehead atoms. The number of amides is 1. The predicted octanol–water partition coefficient (Wildman–Crippen LogP) is 3.24. The molecule has 2 rings (SSSR count). The summed E-state index contributed by atoms with van der Waals surface area (Å²) in [5.41, 5.74) is 0.342. The molecule has 2 heterocycles. The van der Waals surface area contributed by atoms with E-state index in [2.05, 4.69) is 27.5 Å². The van der Waals surface area contributed by atoms with Gasteiger partial charge in [-0.2, -0.15) is 0 Å². The van der Waals surface area contributed by atoms with Gasteiger partial charge in [0.1, 0.15) is 11.5 Å². The summed E-state index contributed by atoms with van der Waals surface area (Å²) in [5.74, 6) is 0.495. The summed E-state index contributed by atoms with van der Waals surface area (Å²) in [5, 5.41) is 8.11. The third-order valence-corrected chi connectivity index (χ3v) is 4.00. The summed E-state index contributed by atoms with van der Waals surface area (Å²) in [6.07, 6.45) is 5.01. The van der Waals surface area contributed by atoms with Crippen LogP contribution >= 0.6 is 11.3 Å². The number of hydrogen-bond donors (Lipinski definition) is 2. The van der Waals surface area contributed by atoms with Crippen LogP contribution in [0.15, 0.2) is 29.9 Å². The van der Waals surface area contributed by atoms with Crippen LogP contribution in [-0.2, 0) is 0 Å². The summed E-state index contributed by atoms with van der Waals surface area (Å²) in [6.45, 7) is 4.87. The van der Waals surface area contributed by atoms with Crippen LogP contribution in [0.3, 0.4) is 0 Å². The average molecular weight is 304 g/mol. The van der Waals surface area contributed by atoms with Crippen LogP contribution < -0.4 is 10.6 Å². The van der Waals surface area contributed by atoms with Gasteiger partial charge in [0, 0.05) is 11.4 Å². The van der Waals surface area contributed by atoms with E-state index < -0.39 is 0 Å². The minimum atomic E-state index is -0.183. The maximum Gasteiger partial charge on any atom is 0.271 e. The van der Waals surface area contributed by atoms with Crippen LogP contribution in [-0.4, -0.2) is 22.4 Å². The van der Waals surface area contributed by atoms with Crippen molar-refractivity contribution in [3.05, 3.63) is 40.5 Å². The number of nitrogens with zero attached hydrogens (tertiary/aromatic N) is 2. The normalized spacial score (nSPS) is 11.9. The van der Waals surface area contributed by atoms with Gasteiger partial charge in [0.25, 0.3) is 5.91 Å². The minimum absolute atomic E-state index is 0.0396. The van der Waals surface area contributed by atoms with Crippen molar-refractivity contribution in [3.63, 3.8) is 0 Å². The molecule has 0 saturated heterocycles. The van der Waals surface area contributed by atoms with Crippen molar-refractivity contribution < 1.29 is 4.79 Å². The maximum atomic E-state index is 12.3. The highest BCUT2D eigenvalue weighted by atomic mass is 32.1. The molecule has 0 radical (unpaired) electrons. The molecule has 6 heteroatoms. The number of thiophene rings is 1. The summed E-state index contributed by atoms with van der Waals surface area (Å²) in [4.78, 5) is 21.8. The van der Waals surface area contributed by atoms with E-state index in [4.69, 9.17) is 0 Å². The highest BCUT2D eigenvalue weighted by molar-refractivity contribution is 7.10.